The summed E-state index contributed by atoms with van der Waals surface area (Å²) in [5.74, 6) is 0.635. The van der Waals surface area contributed by atoms with Crippen molar-refractivity contribution in [1.82, 2.24) is 0 Å². The normalized spacial score (nSPS) is 19.8. The van der Waals surface area contributed by atoms with Gasteiger partial charge in [-0.25, -0.2) is 0 Å². The predicted octanol–water partition coefficient (Wildman–Crippen LogP) is 2.90. The fourth-order valence-corrected chi connectivity index (χ4v) is 3.17. The lowest BCUT2D eigenvalue weighted by atomic mass is 9.81. The first kappa shape index (κ1) is 12.7. The molecular formula is C16H23N3. The van der Waals surface area contributed by atoms with Gasteiger partial charge in [0.2, 0.25) is 0 Å². The highest BCUT2D eigenvalue weighted by molar-refractivity contribution is 5.77. The number of piperidine rings is 1. The molecule has 2 N–H and O–H groups in total. The number of hydrogen-bond acceptors (Lipinski definition) is 3. The van der Waals surface area contributed by atoms with Gasteiger partial charge in [-0.2, -0.15) is 0 Å². The van der Waals surface area contributed by atoms with Gasteiger partial charge >= 0.3 is 0 Å². The highest BCUT2D eigenvalue weighted by atomic mass is 15.1. The predicted molar refractivity (Wildman–Crippen MR) is 81.5 cm³/mol. The summed E-state index contributed by atoms with van der Waals surface area (Å²) in [6.45, 7) is 6.51. The molecule has 0 radical (unpaired) electrons. The summed E-state index contributed by atoms with van der Waals surface area (Å²) >= 11 is 0. The Morgan fingerprint density at radius 2 is 2.00 bits per heavy atom. The van der Waals surface area contributed by atoms with E-state index in [0.717, 1.165) is 25.2 Å². The lowest BCUT2D eigenvalue weighted by Gasteiger charge is -2.39. The molecule has 0 bridgehead atoms. The minimum Gasteiger partial charge on any atom is -0.371 e. The second-order valence-electron chi connectivity index (χ2n) is 6.41. The molecule has 0 amide bonds. The van der Waals surface area contributed by atoms with Gasteiger partial charge in [-0.15, -0.1) is 0 Å². The van der Waals surface area contributed by atoms with Crippen molar-refractivity contribution in [3.8, 4) is 0 Å². The van der Waals surface area contributed by atoms with E-state index in [-0.39, 0.29) is 5.54 Å². The Morgan fingerprint density at radius 1 is 1.26 bits per heavy atom. The first-order valence-corrected chi connectivity index (χ1v) is 7.23. The largest absolute Gasteiger partial charge is 0.371 e. The molecule has 2 aliphatic rings. The van der Waals surface area contributed by atoms with Crippen LogP contribution in [-0.2, 0) is 6.42 Å². The highest BCUT2D eigenvalue weighted by Crippen LogP contribution is 2.33. The third-order valence-corrected chi connectivity index (χ3v) is 4.52. The van der Waals surface area contributed by atoms with Crippen LogP contribution >= 0.6 is 0 Å². The van der Waals surface area contributed by atoms with E-state index < -0.39 is 0 Å². The van der Waals surface area contributed by atoms with E-state index in [1.54, 1.807) is 0 Å². The van der Waals surface area contributed by atoms with E-state index in [1.165, 1.54) is 24.1 Å². The van der Waals surface area contributed by atoms with Crippen LogP contribution in [0.15, 0.2) is 23.2 Å². The molecule has 3 heteroatoms. The molecule has 2 heterocycles. The number of hydrogen-bond donors (Lipinski definition) is 1. The number of fused-ring (bicyclic) bond motifs is 1. The van der Waals surface area contributed by atoms with Crippen LogP contribution in [0.25, 0.3) is 0 Å². The van der Waals surface area contributed by atoms with Crippen LogP contribution in [0.1, 0.15) is 32.3 Å². The lowest BCUT2D eigenvalue weighted by molar-refractivity contribution is 0.265. The van der Waals surface area contributed by atoms with Crippen LogP contribution in [-0.4, -0.2) is 24.8 Å². The zero-order valence-corrected chi connectivity index (χ0v) is 11.9. The van der Waals surface area contributed by atoms with E-state index in [0.29, 0.717) is 5.92 Å². The van der Waals surface area contributed by atoms with Crippen LogP contribution in [0.5, 0.6) is 0 Å². The molecule has 1 aromatic rings. The van der Waals surface area contributed by atoms with Crippen molar-refractivity contribution in [2.45, 2.75) is 38.6 Å². The second-order valence-corrected chi connectivity index (χ2v) is 6.41. The summed E-state index contributed by atoms with van der Waals surface area (Å²) < 4.78 is 0. The third-order valence-electron chi connectivity index (χ3n) is 4.52. The van der Waals surface area contributed by atoms with Gasteiger partial charge in [0.05, 0.1) is 5.69 Å². The Kier molecular flexibility index (Phi) is 3.09. The van der Waals surface area contributed by atoms with E-state index in [1.807, 2.05) is 6.21 Å². The van der Waals surface area contributed by atoms with Gasteiger partial charge in [0.25, 0.3) is 0 Å². The van der Waals surface area contributed by atoms with Crippen molar-refractivity contribution in [3.05, 3.63) is 23.8 Å². The maximum Gasteiger partial charge on any atom is 0.0682 e. The molecule has 0 spiro atoms. The van der Waals surface area contributed by atoms with Gasteiger partial charge in [-0.3, -0.25) is 4.99 Å². The number of aliphatic imine (C=N–C) groups is 1. The quantitative estimate of drug-likeness (QED) is 0.885. The molecule has 0 atom stereocenters. The minimum atomic E-state index is -0.0473. The van der Waals surface area contributed by atoms with Crippen LogP contribution < -0.4 is 10.6 Å². The van der Waals surface area contributed by atoms with Gasteiger partial charge in [0.15, 0.2) is 0 Å². The number of rotatable bonds is 2. The van der Waals surface area contributed by atoms with Crippen molar-refractivity contribution >= 4 is 17.6 Å². The van der Waals surface area contributed by atoms with E-state index in [4.69, 9.17) is 5.73 Å². The molecule has 3 rings (SSSR count). The average Bonchev–Trinajstić information content (AvgIpc) is 2.85. The number of nitrogens with two attached hydrogens (primary N) is 1. The maximum atomic E-state index is 6.23. The van der Waals surface area contributed by atoms with Crippen molar-refractivity contribution < 1.29 is 0 Å². The monoisotopic (exact) mass is 257 g/mol. The summed E-state index contributed by atoms with van der Waals surface area (Å²) in [5.41, 5.74) is 9.99. The standard InChI is InChI=1S/C16H23N3/c1-16(2,17)13-6-9-19(10-7-13)14-4-3-12-5-8-18-15(12)11-14/h3-4,8,11,13H,5-7,9-10,17H2,1-2H3. The SMILES string of the molecule is CC(C)(N)C1CCN(c2ccc3c(c2)N=CC3)CC1. The highest BCUT2D eigenvalue weighted by Gasteiger charge is 2.29. The summed E-state index contributed by atoms with van der Waals surface area (Å²) in [7, 11) is 0. The molecule has 0 unspecified atom stereocenters. The van der Waals surface area contributed by atoms with E-state index in [9.17, 15) is 0 Å². The Morgan fingerprint density at radius 3 is 2.68 bits per heavy atom. The zero-order valence-electron chi connectivity index (χ0n) is 11.9. The smallest absolute Gasteiger partial charge is 0.0682 e. The van der Waals surface area contributed by atoms with Crippen molar-refractivity contribution in [3.63, 3.8) is 0 Å². The van der Waals surface area contributed by atoms with Gasteiger partial charge in [0.1, 0.15) is 0 Å². The zero-order chi connectivity index (χ0) is 13.5. The summed E-state index contributed by atoms with van der Waals surface area (Å²) in [6.07, 6.45) is 5.35. The molecule has 0 saturated carbocycles. The van der Waals surface area contributed by atoms with Gasteiger partial charge in [0, 0.05) is 37.0 Å². The maximum absolute atomic E-state index is 6.23. The average molecular weight is 257 g/mol. The molecule has 19 heavy (non-hydrogen) atoms. The first-order valence-electron chi connectivity index (χ1n) is 7.23. The van der Waals surface area contributed by atoms with Gasteiger partial charge < -0.3 is 10.6 Å². The summed E-state index contributed by atoms with van der Waals surface area (Å²) in [6, 6.07) is 6.69. The summed E-state index contributed by atoms with van der Waals surface area (Å²) in [4.78, 5) is 6.91. The van der Waals surface area contributed by atoms with E-state index >= 15 is 0 Å². The van der Waals surface area contributed by atoms with Crippen molar-refractivity contribution in [1.29, 1.82) is 0 Å². The van der Waals surface area contributed by atoms with Crippen LogP contribution in [0.3, 0.4) is 0 Å². The molecule has 102 valence electrons. The first-order chi connectivity index (χ1) is 9.04. The Bertz CT molecular complexity index is 491. The molecular weight excluding hydrogens is 234 g/mol. The van der Waals surface area contributed by atoms with Gasteiger partial charge in [-0.05, 0) is 50.3 Å². The summed E-state index contributed by atoms with van der Waals surface area (Å²) in [5, 5.41) is 0. The van der Waals surface area contributed by atoms with Crippen LogP contribution in [0.2, 0.25) is 0 Å². The number of anilines is 1. The molecule has 1 aromatic carbocycles. The second kappa shape index (κ2) is 4.64. The molecule has 1 fully saturated rings. The Balaban J connectivity index is 1.70. The van der Waals surface area contributed by atoms with Crippen molar-refractivity contribution in [2.24, 2.45) is 16.6 Å². The molecule has 0 aromatic heterocycles. The molecule has 1 saturated heterocycles. The minimum absolute atomic E-state index is 0.0473. The van der Waals surface area contributed by atoms with Crippen LogP contribution in [0.4, 0.5) is 11.4 Å². The number of benzene rings is 1. The fourth-order valence-electron chi connectivity index (χ4n) is 3.17. The topological polar surface area (TPSA) is 41.6 Å². The lowest BCUT2D eigenvalue weighted by Crippen LogP contribution is -2.47. The molecule has 3 nitrogen and oxygen atoms in total. The molecule has 0 aliphatic carbocycles. The Hall–Kier alpha value is -1.35. The fraction of sp³-hybridized carbons (Fsp3) is 0.562. The van der Waals surface area contributed by atoms with Crippen LogP contribution in [0, 0.1) is 5.92 Å². The van der Waals surface area contributed by atoms with Crippen molar-refractivity contribution in [2.75, 3.05) is 18.0 Å². The van der Waals surface area contributed by atoms with Gasteiger partial charge in [-0.1, -0.05) is 6.07 Å². The Labute approximate surface area is 115 Å². The number of nitrogens with zero attached hydrogens (tertiary/aromatic N) is 2. The third kappa shape index (κ3) is 2.52. The van der Waals surface area contributed by atoms with E-state index in [2.05, 4.69) is 41.9 Å². The molecule has 2 aliphatic heterocycles.